The fraction of sp³-hybridized carbons (Fsp3) is 0.267. The van der Waals surface area contributed by atoms with Crippen LogP contribution in [0.5, 0.6) is 11.5 Å². The second-order valence-corrected chi connectivity index (χ2v) is 5.58. The van der Waals surface area contributed by atoms with Crippen LogP contribution in [0, 0.1) is 6.92 Å². The molecule has 0 atom stereocenters. The fourth-order valence-electron chi connectivity index (χ4n) is 1.94. The normalized spacial score (nSPS) is 10.7. The molecule has 3 aromatic rings. The second-order valence-electron chi connectivity index (χ2n) is 4.66. The maximum atomic E-state index is 5.67. The minimum atomic E-state index is 0.426. The number of thioether (sulfide) groups is 1. The van der Waals surface area contributed by atoms with Gasteiger partial charge in [-0.05, 0) is 25.1 Å². The van der Waals surface area contributed by atoms with Crippen molar-refractivity contribution in [3.63, 3.8) is 0 Å². The first kappa shape index (κ1) is 15.4. The lowest BCUT2D eigenvalue weighted by Crippen LogP contribution is -1.90. The number of aryl methyl sites for hydroxylation is 1. The van der Waals surface area contributed by atoms with Crippen LogP contribution in [0.25, 0.3) is 11.5 Å². The highest BCUT2D eigenvalue weighted by Gasteiger charge is 2.13. The van der Waals surface area contributed by atoms with E-state index in [2.05, 4.69) is 15.4 Å². The van der Waals surface area contributed by atoms with Crippen molar-refractivity contribution in [1.29, 1.82) is 0 Å². The zero-order valence-electron chi connectivity index (χ0n) is 12.9. The number of methoxy groups -OCH3 is 2. The Kier molecular flexibility index (Phi) is 4.52. The highest BCUT2D eigenvalue weighted by atomic mass is 32.2. The van der Waals surface area contributed by atoms with E-state index in [1.807, 2.05) is 13.0 Å². The Morgan fingerprint density at radius 2 is 1.96 bits per heavy atom. The van der Waals surface area contributed by atoms with Crippen LogP contribution < -0.4 is 9.47 Å². The quantitative estimate of drug-likeness (QED) is 0.635. The molecule has 7 nitrogen and oxygen atoms in total. The molecule has 0 N–H and O–H groups in total. The monoisotopic (exact) mass is 333 g/mol. The molecule has 2 aromatic heterocycles. The summed E-state index contributed by atoms with van der Waals surface area (Å²) < 4.78 is 21.1. The van der Waals surface area contributed by atoms with E-state index < -0.39 is 0 Å². The predicted octanol–water partition coefficient (Wildman–Crippen LogP) is 3.34. The van der Waals surface area contributed by atoms with Gasteiger partial charge < -0.3 is 18.4 Å². The molecular weight excluding hydrogens is 318 g/mol. The third-order valence-electron chi connectivity index (χ3n) is 3.24. The van der Waals surface area contributed by atoms with Gasteiger partial charge in [-0.1, -0.05) is 16.9 Å². The molecule has 2 heterocycles. The van der Waals surface area contributed by atoms with Gasteiger partial charge in [-0.2, -0.15) is 0 Å². The highest BCUT2D eigenvalue weighted by Crippen LogP contribution is 2.33. The lowest BCUT2D eigenvalue weighted by molar-refractivity contribution is 0.355. The molecule has 0 aliphatic rings. The van der Waals surface area contributed by atoms with E-state index in [9.17, 15) is 0 Å². The zero-order valence-corrected chi connectivity index (χ0v) is 13.7. The number of benzene rings is 1. The Balaban J connectivity index is 1.75. The van der Waals surface area contributed by atoms with E-state index in [1.165, 1.54) is 11.8 Å². The summed E-state index contributed by atoms with van der Waals surface area (Å²) in [5.74, 6) is 2.34. The van der Waals surface area contributed by atoms with E-state index in [0.717, 1.165) is 16.8 Å². The van der Waals surface area contributed by atoms with Crippen molar-refractivity contribution < 1.29 is 18.4 Å². The lowest BCUT2D eigenvalue weighted by atomic mass is 10.2. The van der Waals surface area contributed by atoms with Gasteiger partial charge in [0.15, 0.2) is 11.5 Å². The van der Waals surface area contributed by atoms with Crippen molar-refractivity contribution in [2.75, 3.05) is 14.2 Å². The SMILES string of the molecule is COc1ccc(-c2nnc(SCc3conc3C)o2)cc1OC. The zero-order chi connectivity index (χ0) is 16.2. The van der Waals surface area contributed by atoms with Crippen LogP contribution in [0.15, 0.2) is 38.6 Å². The van der Waals surface area contributed by atoms with E-state index in [0.29, 0.717) is 28.4 Å². The molecule has 0 radical (unpaired) electrons. The smallest absolute Gasteiger partial charge is 0.277 e. The van der Waals surface area contributed by atoms with Gasteiger partial charge in [0.1, 0.15) is 6.26 Å². The molecule has 0 amide bonds. The molecule has 1 aromatic carbocycles. The minimum absolute atomic E-state index is 0.426. The molecule has 0 saturated carbocycles. The topological polar surface area (TPSA) is 83.4 Å². The van der Waals surface area contributed by atoms with Crippen LogP contribution in [0.1, 0.15) is 11.3 Å². The summed E-state index contributed by atoms with van der Waals surface area (Å²) in [6.45, 7) is 1.89. The van der Waals surface area contributed by atoms with Crippen LogP contribution >= 0.6 is 11.8 Å². The van der Waals surface area contributed by atoms with Crippen LogP contribution in [-0.4, -0.2) is 29.6 Å². The number of nitrogens with zero attached hydrogens (tertiary/aromatic N) is 3. The Labute approximate surface area is 137 Å². The Morgan fingerprint density at radius 1 is 1.13 bits per heavy atom. The van der Waals surface area contributed by atoms with Gasteiger partial charge in [-0.15, -0.1) is 10.2 Å². The van der Waals surface area contributed by atoms with E-state index >= 15 is 0 Å². The van der Waals surface area contributed by atoms with Crippen LogP contribution in [0.4, 0.5) is 0 Å². The van der Waals surface area contributed by atoms with Crippen molar-refractivity contribution in [3.05, 3.63) is 35.7 Å². The van der Waals surface area contributed by atoms with Crippen molar-refractivity contribution in [1.82, 2.24) is 15.4 Å². The molecule has 0 fully saturated rings. The predicted molar refractivity (Wildman–Crippen MR) is 83.6 cm³/mol. The first-order valence-corrected chi connectivity index (χ1v) is 7.78. The third kappa shape index (κ3) is 3.31. The van der Waals surface area contributed by atoms with Gasteiger partial charge in [0.05, 0.1) is 19.9 Å². The molecule has 8 heteroatoms. The number of aromatic nitrogens is 3. The average molecular weight is 333 g/mol. The van der Waals surface area contributed by atoms with Gasteiger partial charge in [-0.25, -0.2) is 0 Å². The van der Waals surface area contributed by atoms with Crippen molar-refractivity contribution in [2.45, 2.75) is 17.9 Å². The highest BCUT2D eigenvalue weighted by molar-refractivity contribution is 7.98. The molecule has 0 aliphatic heterocycles. The van der Waals surface area contributed by atoms with Gasteiger partial charge in [0.25, 0.3) is 5.22 Å². The summed E-state index contributed by atoms with van der Waals surface area (Å²) in [5, 5.41) is 12.4. The summed E-state index contributed by atoms with van der Waals surface area (Å²) in [7, 11) is 3.17. The molecule has 23 heavy (non-hydrogen) atoms. The average Bonchev–Trinajstić information content (AvgIpc) is 3.21. The Bertz CT molecular complexity index is 800. The fourth-order valence-corrected chi connectivity index (χ4v) is 2.74. The molecule has 0 bridgehead atoms. The standard InChI is InChI=1S/C15H15N3O4S/c1-9-11(7-21-18-9)8-23-15-17-16-14(22-15)10-4-5-12(19-2)13(6-10)20-3/h4-7H,8H2,1-3H3. The molecule has 0 saturated heterocycles. The molecular formula is C15H15N3O4S. The van der Waals surface area contributed by atoms with Crippen LogP contribution in [0.3, 0.4) is 0 Å². The minimum Gasteiger partial charge on any atom is -0.493 e. The number of rotatable bonds is 6. The number of hydrogen-bond acceptors (Lipinski definition) is 8. The van der Waals surface area contributed by atoms with Gasteiger partial charge in [0, 0.05) is 16.9 Å². The molecule has 0 aliphatic carbocycles. The largest absolute Gasteiger partial charge is 0.493 e. The van der Waals surface area contributed by atoms with E-state index in [-0.39, 0.29) is 0 Å². The second kappa shape index (κ2) is 6.74. The summed E-state index contributed by atoms with van der Waals surface area (Å²) in [6.07, 6.45) is 1.62. The maximum Gasteiger partial charge on any atom is 0.277 e. The number of hydrogen-bond donors (Lipinski definition) is 0. The lowest BCUT2D eigenvalue weighted by Gasteiger charge is -2.07. The summed E-state index contributed by atoms with van der Waals surface area (Å²) in [6, 6.07) is 5.43. The van der Waals surface area contributed by atoms with Crippen LogP contribution in [0.2, 0.25) is 0 Å². The molecule has 120 valence electrons. The molecule has 0 spiro atoms. The Hall–Kier alpha value is -2.48. The van der Waals surface area contributed by atoms with Gasteiger partial charge in [-0.3, -0.25) is 0 Å². The first-order chi connectivity index (χ1) is 11.2. The summed E-state index contributed by atoms with van der Waals surface area (Å²) >= 11 is 1.43. The third-order valence-corrected chi connectivity index (χ3v) is 4.10. The molecule has 0 unspecified atom stereocenters. The van der Waals surface area contributed by atoms with Gasteiger partial charge >= 0.3 is 0 Å². The van der Waals surface area contributed by atoms with Gasteiger partial charge in [0.2, 0.25) is 5.89 Å². The van der Waals surface area contributed by atoms with Crippen LogP contribution in [-0.2, 0) is 5.75 Å². The number of ether oxygens (including phenoxy) is 2. The molecule has 3 rings (SSSR count). The Morgan fingerprint density at radius 3 is 2.65 bits per heavy atom. The first-order valence-electron chi connectivity index (χ1n) is 6.80. The van der Waals surface area contributed by atoms with Crippen molar-refractivity contribution in [2.24, 2.45) is 0 Å². The summed E-state index contributed by atoms with van der Waals surface area (Å²) in [5.41, 5.74) is 2.63. The maximum absolute atomic E-state index is 5.67. The van der Waals surface area contributed by atoms with E-state index in [1.54, 1.807) is 32.6 Å². The summed E-state index contributed by atoms with van der Waals surface area (Å²) in [4.78, 5) is 0. The van der Waals surface area contributed by atoms with Crippen molar-refractivity contribution >= 4 is 11.8 Å². The van der Waals surface area contributed by atoms with Crippen molar-refractivity contribution in [3.8, 4) is 23.0 Å². The van der Waals surface area contributed by atoms with E-state index in [4.69, 9.17) is 18.4 Å².